The molecule has 3 heteroatoms. The van der Waals surface area contributed by atoms with E-state index in [0.717, 1.165) is 22.2 Å². The average Bonchev–Trinajstić information content (AvgIpc) is 2.21. The molecule has 2 N–H and O–H groups in total. The SMILES string of the molecule is CCC(C)(C)Oc1ccc(CN)cc1Br. The molecule has 1 rings (SSSR count). The second kappa shape index (κ2) is 4.99. The Morgan fingerprint density at radius 3 is 2.53 bits per heavy atom. The minimum Gasteiger partial charge on any atom is -0.487 e. The summed E-state index contributed by atoms with van der Waals surface area (Å²) in [5, 5.41) is 0. The molecule has 0 aromatic heterocycles. The van der Waals surface area contributed by atoms with Crippen LogP contribution in [-0.2, 0) is 6.54 Å². The largest absolute Gasteiger partial charge is 0.487 e. The van der Waals surface area contributed by atoms with Crippen molar-refractivity contribution in [1.29, 1.82) is 0 Å². The summed E-state index contributed by atoms with van der Waals surface area (Å²) < 4.78 is 6.86. The molecule has 15 heavy (non-hydrogen) atoms. The van der Waals surface area contributed by atoms with Gasteiger partial charge in [0.25, 0.3) is 0 Å². The Labute approximate surface area is 99.9 Å². The first kappa shape index (κ1) is 12.5. The van der Waals surface area contributed by atoms with Crippen molar-refractivity contribution >= 4 is 15.9 Å². The van der Waals surface area contributed by atoms with E-state index in [1.807, 2.05) is 18.2 Å². The molecule has 0 unspecified atom stereocenters. The van der Waals surface area contributed by atoms with Crippen LogP contribution in [0.1, 0.15) is 32.8 Å². The summed E-state index contributed by atoms with van der Waals surface area (Å²) in [7, 11) is 0. The van der Waals surface area contributed by atoms with Gasteiger partial charge in [0, 0.05) is 6.54 Å². The Hall–Kier alpha value is -0.540. The maximum atomic E-state index is 5.89. The van der Waals surface area contributed by atoms with Crippen LogP contribution in [-0.4, -0.2) is 5.60 Å². The van der Waals surface area contributed by atoms with Crippen molar-refractivity contribution in [3.63, 3.8) is 0 Å². The summed E-state index contributed by atoms with van der Waals surface area (Å²) in [6.07, 6.45) is 0.970. The molecule has 1 aromatic rings. The van der Waals surface area contributed by atoms with Crippen LogP contribution in [0.2, 0.25) is 0 Å². The summed E-state index contributed by atoms with van der Waals surface area (Å²) in [5.74, 6) is 0.874. The molecule has 0 saturated heterocycles. The lowest BCUT2D eigenvalue weighted by atomic mass is 10.1. The van der Waals surface area contributed by atoms with E-state index in [0.29, 0.717) is 6.54 Å². The van der Waals surface area contributed by atoms with Crippen molar-refractivity contribution in [2.75, 3.05) is 0 Å². The van der Waals surface area contributed by atoms with Crippen LogP contribution in [0.3, 0.4) is 0 Å². The maximum absolute atomic E-state index is 5.89. The normalized spacial score (nSPS) is 11.5. The molecule has 0 radical (unpaired) electrons. The van der Waals surface area contributed by atoms with Crippen LogP contribution in [0.25, 0.3) is 0 Å². The van der Waals surface area contributed by atoms with Gasteiger partial charge in [0.2, 0.25) is 0 Å². The summed E-state index contributed by atoms with van der Waals surface area (Å²) in [6, 6.07) is 5.95. The molecule has 0 atom stereocenters. The number of hydrogen-bond acceptors (Lipinski definition) is 2. The van der Waals surface area contributed by atoms with Crippen molar-refractivity contribution in [3.05, 3.63) is 28.2 Å². The topological polar surface area (TPSA) is 35.2 Å². The second-order valence-electron chi connectivity index (χ2n) is 4.18. The van der Waals surface area contributed by atoms with Crippen molar-refractivity contribution in [1.82, 2.24) is 0 Å². The Kier molecular flexibility index (Phi) is 4.17. The second-order valence-corrected chi connectivity index (χ2v) is 5.04. The number of benzene rings is 1. The van der Waals surface area contributed by atoms with Crippen LogP contribution in [0.5, 0.6) is 5.75 Å². The lowest BCUT2D eigenvalue weighted by molar-refractivity contribution is 0.104. The van der Waals surface area contributed by atoms with E-state index in [2.05, 4.69) is 36.7 Å². The minimum atomic E-state index is -0.132. The van der Waals surface area contributed by atoms with E-state index in [1.54, 1.807) is 0 Å². The van der Waals surface area contributed by atoms with Gasteiger partial charge in [-0.25, -0.2) is 0 Å². The molecule has 0 saturated carbocycles. The lowest BCUT2D eigenvalue weighted by Crippen LogP contribution is -2.26. The first-order chi connectivity index (χ1) is 6.98. The fourth-order valence-electron chi connectivity index (χ4n) is 1.12. The third-order valence-electron chi connectivity index (χ3n) is 2.47. The van der Waals surface area contributed by atoms with Crippen LogP contribution in [0.15, 0.2) is 22.7 Å². The highest BCUT2D eigenvalue weighted by Gasteiger charge is 2.18. The maximum Gasteiger partial charge on any atom is 0.134 e. The standard InChI is InChI=1S/C12H18BrNO/c1-4-12(2,3)15-11-6-5-9(8-14)7-10(11)13/h5-7H,4,8,14H2,1-3H3. The zero-order valence-corrected chi connectivity index (χ0v) is 11.1. The van der Waals surface area contributed by atoms with Gasteiger partial charge in [-0.2, -0.15) is 0 Å². The van der Waals surface area contributed by atoms with E-state index >= 15 is 0 Å². The monoisotopic (exact) mass is 271 g/mol. The third-order valence-corrected chi connectivity index (χ3v) is 3.09. The average molecular weight is 272 g/mol. The molecule has 0 aliphatic rings. The highest BCUT2D eigenvalue weighted by molar-refractivity contribution is 9.10. The number of nitrogens with two attached hydrogens (primary N) is 1. The minimum absolute atomic E-state index is 0.132. The highest BCUT2D eigenvalue weighted by Crippen LogP contribution is 2.30. The van der Waals surface area contributed by atoms with Crippen molar-refractivity contribution in [2.45, 2.75) is 39.3 Å². The molecule has 0 heterocycles. The van der Waals surface area contributed by atoms with E-state index in [-0.39, 0.29) is 5.60 Å². The van der Waals surface area contributed by atoms with Gasteiger partial charge < -0.3 is 10.5 Å². The fourth-order valence-corrected chi connectivity index (χ4v) is 1.63. The van der Waals surface area contributed by atoms with Gasteiger partial charge >= 0.3 is 0 Å². The predicted octanol–water partition coefficient (Wildman–Crippen LogP) is 3.48. The fraction of sp³-hybridized carbons (Fsp3) is 0.500. The highest BCUT2D eigenvalue weighted by atomic mass is 79.9. The third kappa shape index (κ3) is 3.50. The smallest absolute Gasteiger partial charge is 0.134 e. The Morgan fingerprint density at radius 1 is 1.40 bits per heavy atom. The van der Waals surface area contributed by atoms with Gasteiger partial charge in [0.15, 0.2) is 0 Å². The molecule has 2 nitrogen and oxygen atoms in total. The van der Waals surface area contributed by atoms with Crippen molar-refractivity contribution in [2.24, 2.45) is 5.73 Å². The Bertz CT molecular complexity index is 336. The van der Waals surface area contributed by atoms with Crippen LogP contribution < -0.4 is 10.5 Å². The van der Waals surface area contributed by atoms with Crippen molar-refractivity contribution in [3.8, 4) is 5.75 Å². The van der Waals surface area contributed by atoms with E-state index in [4.69, 9.17) is 10.5 Å². The van der Waals surface area contributed by atoms with Gasteiger partial charge in [0.1, 0.15) is 11.4 Å². The molecule has 0 aliphatic heterocycles. The van der Waals surface area contributed by atoms with E-state index in [1.165, 1.54) is 0 Å². The molecule has 0 bridgehead atoms. The van der Waals surface area contributed by atoms with Gasteiger partial charge in [0.05, 0.1) is 4.47 Å². The summed E-state index contributed by atoms with van der Waals surface area (Å²) in [5.41, 5.74) is 6.53. The summed E-state index contributed by atoms with van der Waals surface area (Å²) in [4.78, 5) is 0. The molecule has 84 valence electrons. The first-order valence-corrected chi connectivity index (χ1v) is 5.95. The van der Waals surface area contributed by atoms with E-state index < -0.39 is 0 Å². The number of hydrogen-bond donors (Lipinski definition) is 1. The predicted molar refractivity (Wildman–Crippen MR) is 67.0 cm³/mol. The van der Waals surface area contributed by atoms with E-state index in [9.17, 15) is 0 Å². The zero-order valence-electron chi connectivity index (χ0n) is 9.51. The molecule has 0 fully saturated rings. The molecule has 1 aromatic carbocycles. The van der Waals surface area contributed by atoms with Gasteiger partial charge in [-0.05, 0) is 53.9 Å². The number of halogens is 1. The first-order valence-electron chi connectivity index (χ1n) is 5.16. The van der Waals surface area contributed by atoms with Gasteiger partial charge in [-0.3, -0.25) is 0 Å². The lowest BCUT2D eigenvalue weighted by Gasteiger charge is -2.25. The Morgan fingerprint density at radius 2 is 2.07 bits per heavy atom. The summed E-state index contributed by atoms with van der Waals surface area (Å²) >= 11 is 3.49. The molecular formula is C12H18BrNO. The number of rotatable bonds is 4. The quantitative estimate of drug-likeness (QED) is 0.910. The summed E-state index contributed by atoms with van der Waals surface area (Å²) in [6.45, 7) is 6.82. The van der Waals surface area contributed by atoms with Gasteiger partial charge in [-0.1, -0.05) is 13.0 Å². The Balaban J connectivity index is 2.87. The van der Waals surface area contributed by atoms with Crippen molar-refractivity contribution < 1.29 is 4.74 Å². The van der Waals surface area contributed by atoms with Gasteiger partial charge in [-0.15, -0.1) is 0 Å². The zero-order chi connectivity index (χ0) is 11.5. The molecule has 0 amide bonds. The van der Waals surface area contributed by atoms with Crippen LogP contribution in [0.4, 0.5) is 0 Å². The van der Waals surface area contributed by atoms with Crippen LogP contribution >= 0.6 is 15.9 Å². The van der Waals surface area contributed by atoms with Crippen LogP contribution in [0, 0.1) is 0 Å². The number of ether oxygens (including phenoxy) is 1. The molecule has 0 aliphatic carbocycles. The molecule has 0 spiro atoms. The molecular weight excluding hydrogens is 254 g/mol.